The number of nitrogen functional groups attached to an aromatic ring is 1. The highest BCUT2D eigenvalue weighted by atomic mass is 32.2. The molecular weight excluding hydrogens is 411 g/mol. The third-order valence-corrected chi connectivity index (χ3v) is 7.14. The molecule has 1 atom stereocenters. The second-order valence-electron chi connectivity index (χ2n) is 6.17. The lowest BCUT2D eigenvalue weighted by Crippen LogP contribution is -2.04. The number of anilines is 1. The van der Waals surface area contributed by atoms with E-state index in [1.54, 1.807) is 37.7 Å². The monoisotopic (exact) mass is 428 g/mol. The van der Waals surface area contributed by atoms with Gasteiger partial charge in [0.25, 0.3) is 0 Å². The summed E-state index contributed by atoms with van der Waals surface area (Å²) in [6.45, 7) is 0.359. The van der Waals surface area contributed by atoms with Crippen LogP contribution in [-0.2, 0) is 15.5 Å². The van der Waals surface area contributed by atoms with Crippen LogP contribution in [0.25, 0.3) is 32.9 Å². The summed E-state index contributed by atoms with van der Waals surface area (Å²) >= 11 is 1.28. The molecule has 1 aromatic carbocycles. The summed E-state index contributed by atoms with van der Waals surface area (Å²) < 4.78 is 31.7. The molecule has 0 aliphatic carbocycles. The largest absolute Gasteiger partial charge is 0.396 e. The van der Waals surface area contributed by atoms with Crippen molar-refractivity contribution in [2.45, 2.75) is 4.21 Å². The van der Waals surface area contributed by atoms with Gasteiger partial charge in [0.05, 0.1) is 39.9 Å². The Morgan fingerprint density at radius 2 is 1.97 bits per heavy atom. The Bertz CT molecular complexity index is 1180. The molecule has 2 N–H and O–H groups in total. The first kappa shape index (κ1) is 19.6. The molecule has 0 bridgehead atoms. The molecule has 0 saturated heterocycles. The molecule has 0 amide bonds. The van der Waals surface area contributed by atoms with E-state index in [9.17, 15) is 8.60 Å². The molecule has 9 heteroatoms. The normalized spacial score (nSPS) is 12.3. The zero-order valence-electron chi connectivity index (χ0n) is 15.5. The Kier molecular flexibility index (Phi) is 5.61. The van der Waals surface area contributed by atoms with Crippen molar-refractivity contribution in [3.8, 4) is 22.6 Å². The van der Waals surface area contributed by atoms with Gasteiger partial charge in [-0.3, -0.25) is 9.19 Å². The number of pyridine rings is 1. The van der Waals surface area contributed by atoms with Crippen LogP contribution in [0.1, 0.15) is 0 Å². The second-order valence-corrected chi connectivity index (χ2v) is 8.94. The van der Waals surface area contributed by atoms with E-state index in [2.05, 4.69) is 9.97 Å². The maximum absolute atomic E-state index is 13.5. The molecule has 0 radical (unpaired) electrons. The number of rotatable bonds is 6. The molecule has 3 heterocycles. The minimum atomic E-state index is -1.32. The fourth-order valence-corrected chi connectivity index (χ4v) is 5.40. The van der Waals surface area contributed by atoms with E-state index < -0.39 is 10.8 Å². The van der Waals surface area contributed by atoms with Crippen LogP contribution in [0.2, 0.25) is 0 Å². The molecule has 4 rings (SSSR count). The van der Waals surface area contributed by atoms with Crippen molar-refractivity contribution in [1.82, 2.24) is 15.0 Å². The highest BCUT2D eigenvalue weighted by Crippen LogP contribution is 2.41. The number of fused-ring (bicyclic) bond motifs is 1. The average Bonchev–Trinajstić information content (AvgIpc) is 3.09. The second kappa shape index (κ2) is 8.32. The predicted molar refractivity (Wildman–Crippen MR) is 114 cm³/mol. The van der Waals surface area contributed by atoms with Crippen molar-refractivity contribution in [2.24, 2.45) is 0 Å². The number of nitrogens with zero attached hydrogens (tertiary/aromatic N) is 3. The minimum Gasteiger partial charge on any atom is -0.396 e. The zero-order chi connectivity index (χ0) is 20.4. The highest BCUT2D eigenvalue weighted by molar-refractivity contribution is 7.87. The molecule has 1 unspecified atom stereocenters. The third kappa shape index (κ3) is 3.89. The van der Waals surface area contributed by atoms with Crippen molar-refractivity contribution < 1.29 is 13.3 Å². The first-order valence-electron chi connectivity index (χ1n) is 8.72. The van der Waals surface area contributed by atoms with Crippen LogP contribution in [0.5, 0.6) is 0 Å². The van der Waals surface area contributed by atoms with Crippen LogP contribution in [-0.4, -0.2) is 38.6 Å². The van der Waals surface area contributed by atoms with Gasteiger partial charge in [0, 0.05) is 30.6 Å². The molecule has 0 spiro atoms. The smallest absolute Gasteiger partial charge is 0.162 e. The molecule has 0 fully saturated rings. The van der Waals surface area contributed by atoms with Gasteiger partial charge in [0.2, 0.25) is 0 Å². The molecule has 0 saturated carbocycles. The number of aromatic nitrogens is 3. The summed E-state index contributed by atoms with van der Waals surface area (Å²) in [5, 5.41) is 0.620. The number of nitrogens with two attached hydrogens (primary N) is 1. The predicted octanol–water partition coefficient (Wildman–Crippen LogP) is 3.90. The Morgan fingerprint density at radius 3 is 2.66 bits per heavy atom. The van der Waals surface area contributed by atoms with Crippen LogP contribution in [0.4, 0.5) is 10.1 Å². The summed E-state index contributed by atoms with van der Waals surface area (Å²) in [4.78, 5) is 14.1. The summed E-state index contributed by atoms with van der Waals surface area (Å²) in [5.41, 5.74) is 8.77. The molecule has 0 aliphatic rings. The van der Waals surface area contributed by atoms with Gasteiger partial charge in [-0.05, 0) is 36.4 Å². The van der Waals surface area contributed by atoms with Gasteiger partial charge in [-0.15, -0.1) is 11.3 Å². The minimum absolute atomic E-state index is 0.336. The average molecular weight is 429 g/mol. The first-order valence-corrected chi connectivity index (χ1v) is 10.9. The van der Waals surface area contributed by atoms with Crippen molar-refractivity contribution in [1.29, 1.82) is 0 Å². The summed E-state index contributed by atoms with van der Waals surface area (Å²) in [7, 11) is 0.241. The molecule has 4 aromatic rings. The number of halogens is 1. The summed E-state index contributed by atoms with van der Waals surface area (Å²) in [5.74, 6) is 0.467. The standard InChI is InChI=1S/C20H17FN4O2S2/c1-27-9-10-29(26)20-16(22)15-17(12-4-6-14(21)7-5-12)24-18(25-19(15)28-20)13-3-2-8-23-11-13/h2-8,11H,9-10,22H2,1H3. The van der Waals surface area contributed by atoms with Gasteiger partial charge in [-0.1, -0.05) is 0 Å². The molecule has 0 aliphatic heterocycles. The lowest BCUT2D eigenvalue weighted by molar-refractivity contribution is 0.218. The van der Waals surface area contributed by atoms with Crippen LogP contribution < -0.4 is 5.73 Å². The van der Waals surface area contributed by atoms with Crippen LogP contribution in [0, 0.1) is 5.82 Å². The van der Waals surface area contributed by atoms with Gasteiger partial charge < -0.3 is 10.5 Å². The molecule has 3 aromatic heterocycles. The Hall–Kier alpha value is -2.75. The van der Waals surface area contributed by atoms with Crippen LogP contribution in [0.3, 0.4) is 0 Å². The number of ether oxygens (including phenoxy) is 1. The number of benzene rings is 1. The highest BCUT2D eigenvalue weighted by Gasteiger charge is 2.22. The fraction of sp³-hybridized carbons (Fsp3) is 0.150. The number of hydrogen-bond acceptors (Lipinski definition) is 7. The van der Waals surface area contributed by atoms with Crippen molar-refractivity contribution >= 4 is 38.0 Å². The number of methoxy groups -OCH3 is 1. The quantitative estimate of drug-likeness (QED) is 0.501. The third-order valence-electron chi connectivity index (χ3n) is 4.27. The van der Waals surface area contributed by atoms with E-state index in [4.69, 9.17) is 15.5 Å². The maximum Gasteiger partial charge on any atom is 0.162 e. The Labute approximate surface area is 173 Å². The lowest BCUT2D eigenvalue weighted by atomic mass is 10.1. The van der Waals surface area contributed by atoms with Gasteiger partial charge in [-0.2, -0.15) is 0 Å². The zero-order valence-corrected chi connectivity index (χ0v) is 17.1. The SMILES string of the molecule is COCCS(=O)c1sc2nc(-c3cccnc3)nc(-c3ccc(F)cc3)c2c1N. The fourth-order valence-electron chi connectivity index (χ4n) is 2.86. The summed E-state index contributed by atoms with van der Waals surface area (Å²) in [6.07, 6.45) is 3.34. The molecule has 29 heavy (non-hydrogen) atoms. The van der Waals surface area contributed by atoms with Crippen LogP contribution >= 0.6 is 11.3 Å². The number of hydrogen-bond donors (Lipinski definition) is 1. The number of thiophene rings is 1. The van der Waals surface area contributed by atoms with Crippen molar-refractivity contribution in [3.05, 3.63) is 54.6 Å². The van der Waals surface area contributed by atoms with E-state index in [0.717, 1.165) is 5.56 Å². The Morgan fingerprint density at radius 1 is 1.17 bits per heavy atom. The molecule has 148 valence electrons. The van der Waals surface area contributed by atoms with Crippen LogP contribution in [0.15, 0.2) is 53.0 Å². The van der Waals surface area contributed by atoms with Gasteiger partial charge in [-0.25, -0.2) is 14.4 Å². The maximum atomic E-state index is 13.5. The van der Waals surface area contributed by atoms with Crippen molar-refractivity contribution in [3.63, 3.8) is 0 Å². The van der Waals surface area contributed by atoms with E-state index in [1.807, 2.05) is 6.07 Å². The van der Waals surface area contributed by atoms with Gasteiger partial charge >= 0.3 is 0 Å². The van der Waals surface area contributed by atoms with Crippen molar-refractivity contribution in [2.75, 3.05) is 25.2 Å². The summed E-state index contributed by atoms with van der Waals surface area (Å²) in [6, 6.07) is 9.68. The van der Waals surface area contributed by atoms with E-state index in [0.29, 0.717) is 49.6 Å². The topological polar surface area (TPSA) is 91.0 Å². The molecular formula is C20H17FN4O2S2. The Balaban J connectivity index is 1.95. The van der Waals surface area contributed by atoms with E-state index >= 15 is 0 Å². The van der Waals surface area contributed by atoms with E-state index in [1.165, 1.54) is 23.5 Å². The van der Waals surface area contributed by atoms with Gasteiger partial charge in [0.15, 0.2) is 5.82 Å². The van der Waals surface area contributed by atoms with Gasteiger partial charge in [0.1, 0.15) is 14.9 Å². The lowest BCUT2D eigenvalue weighted by Gasteiger charge is -2.07. The molecule has 6 nitrogen and oxygen atoms in total. The first-order chi connectivity index (χ1) is 14.1. The van der Waals surface area contributed by atoms with E-state index in [-0.39, 0.29) is 5.82 Å².